The van der Waals surface area contributed by atoms with Crippen molar-refractivity contribution in [2.24, 2.45) is 0 Å². The minimum absolute atomic E-state index is 0.123. The minimum Gasteiger partial charge on any atom is -0.343 e. The molecule has 10 heteroatoms. The number of carbonyl (C=O) groups excluding carboxylic acids is 1. The van der Waals surface area contributed by atoms with E-state index in [1.165, 1.54) is 22.9 Å². The van der Waals surface area contributed by atoms with Gasteiger partial charge < -0.3 is 9.80 Å². The molecule has 0 saturated carbocycles. The third-order valence-corrected chi connectivity index (χ3v) is 4.92. The molecule has 1 fully saturated rings. The Bertz CT molecular complexity index is 647. The van der Waals surface area contributed by atoms with E-state index in [0.29, 0.717) is 18.2 Å². The molecule has 0 radical (unpaired) electrons. The Morgan fingerprint density at radius 3 is 2.64 bits per heavy atom. The lowest BCUT2D eigenvalue weighted by Gasteiger charge is -2.34. The van der Waals surface area contributed by atoms with Crippen molar-refractivity contribution in [1.82, 2.24) is 24.5 Å². The molecule has 118 valence electrons. The van der Waals surface area contributed by atoms with E-state index >= 15 is 0 Å². The summed E-state index contributed by atoms with van der Waals surface area (Å²) in [5, 5.41) is 12.9. The summed E-state index contributed by atoms with van der Waals surface area (Å²) < 4.78 is 4.30. The van der Waals surface area contributed by atoms with Gasteiger partial charge in [-0.05, 0) is 6.92 Å². The molecule has 2 amide bonds. The lowest BCUT2D eigenvalue weighted by atomic mass is 10.3. The molecule has 22 heavy (non-hydrogen) atoms. The van der Waals surface area contributed by atoms with E-state index in [2.05, 4.69) is 29.8 Å². The van der Waals surface area contributed by atoms with E-state index in [-0.39, 0.29) is 6.03 Å². The molecule has 1 aliphatic heterocycles. The number of aromatic nitrogens is 4. The summed E-state index contributed by atoms with van der Waals surface area (Å²) >= 11 is 2.80. The Labute approximate surface area is 136 Å². The molecule has 0 bridgehead atoms. The Morgan fingerprint density at radius 1 is 1.27 bits per heavy atom. The first-order valence-electron chi connectivity index (χ1n) is 7.09. The van der Waals surface area contributed by atoms with Crippen LogP contribution in [0.4, 0.5) is 15.1 Å². The lowest BCUT2D eigenvalue weighted by Crippen LogP contribution is -2.50. The minimum atomic E-state index is -0.123. The number of carbonyl (C=O) groups is 1. The van der Waals surface area contributed by atoms with Crippen LogP contribution in [0.15, 0.2) is 0 Å². The lowest BCUT2D eigenvalue weighted by molar-refractivity contribution is 0.208. The molecular formula is C12H17N7OS2. The zero-order chi connectivity index (χ0) is 15.5. The molecule has 0 aliphatic carbocycles. The van der Waals surface area contributed by atoms with E-state index in [0.717, 1.165) is 35.5 Å². The number of anilines is 2. The van der Waals surface area contributed by atoms with Gasteiger partial charge in [-0.1, -0.05) is 18.3 Å². The van der Waals surface area contributed by atoms with Gasteiger partial charge in [0.05, 0.1) is 0 Å². The van der Waals surface area contributed by atoms with Crippen LogP contribution in [0.25, 0.3) is 0 Å². The zero-order valence-electron chi connectivity index (χ0n) is 12.4. The topological polar surface area (TPSA) is 87.1 Å². The van der Waals surface area contributed by atoms with Gasteiger partial charge in [0.1, 0.15) is 10.8 Å². The second kappa shape index (κ2) is 6.53. The van der Waals surface area contributed by atoms with Gasteiger partial charge in [-0.15, -0.1) is 10.2 Å². The fraction of sp³-hybridized carbons (Fsp3) is 0.583. The molecule has 0 spiro atoms. The molecule has 1 saturated heterocycles. The molecule has 0 unspecified atom stereocenters. The van der Waals surface area contributed by atoms with Crippen LogP contribution in [0.2, 0.25) is 0 Å². The number of amides is 2. The summed E-state index contributed by atoms with van der Waals surface area (Å²) in [6.45, 7) is 6.75. The molecule has 1 N–H and O–H groups in total. The van der Waals surface area contributed by atoms with Crippen molar-refractivity contribution in [1.29, 1.82) is 0 Å². The van der Waals surface area contributed by atoms with E-state index < -0.39 is 0 Å². The summed E-state index contributed by atoms with van der Waals surface area (Å²) in [4.78, 5) is 20.6. The first kappa shape index (κ1) is 15.1. The van der Waals surface area contributed by atoms with Crippen molar-refractivity contribution in [3.05, 3.63) is 10.8 Å². The fourth-order valence-corrected chi connectivity index (χ4v) is 3.52. The van der Waals surface area contributed by atoms with Gasteiger partial charge >= 0.3 is 6.03 Å². The second-order valence-electron chi connectivity index (χ2n) is 4.88. The van der Waals surface area contributed by atoms with E-state index in [1.54, 1.807) is 4.90 Å². The maximum absolute atomic E-state index is 12.2. The molecule has 0 atom stereocenters. The highest BCUT2D eigenvalue weighted by Gasteiger charge is 2.23. The third kappa shape index (κ3) is 3.33. The van der Waals surface area contributed by atoms with Gasteiger partial charge in [-0.2, -0.15) is 4.37 Å². The van der Waals surface area contributed by atoms with Crippen LogP contribution in [0.1, 0.15) is 17.8 Å². The second-order valence-corrected chi connectivity index (χ2v) is 6.79. The highest BCUT2D eigenvalue weighted by molar-refractivity contribution is 7.15. The molecule has 3 heterocycles. The third-order valence-electron chi connectivity index (χ3n) is 3.35. The Kier molecular flexibility index (Phi) is 4.48. The summed E-state index contributed by atoms with van der Waals surface area (Å²) in [7, 11) is 0. The Morgan fingerprint density at radius 2 is 2.05 bits per heavy atom. The van der Waals surface area contributed by atoms with E-state index in [4.69, 9.17) is 0 Å². The van der Waals surface area contributed by atoms with Crippen LogP contribution < -0.4 is 10.2 Å². The SMILES string of the molecule is CCc1nsc(N2CCN(C(=O)Nc3nnc(C)s3)CC2)n1. The number of urea groups is 1. The first-order valence-corrected chi connectivity index (χ1v) is 8.68. The number of nitrogens with zero attached hydrogens (tertiary/aromatic N) is 6. The number of hydrogen-bond acceptors (Lipinski definition) is 8. The number of nitrogens with one attached hydrogen (secondary N) is 1. The van der Waals surface area contributed by atoms with Crippen LogP contribution in [0, 0.1) is 6.92 Å². The van der Waals surface area contributed by atoms with Gasteiger partial charge in [-0.25, -0.2) is 9.78 Å². The summed E-state index contributed by atoms with van der Waals surface area (Å²) in [6, 6.07) is -0.123. The van der Waals surface area contributed by atoms with Crippen LogP contribution in [-0.2, 0) is 6.42 Å². The highest BCUT2D eigenvalue weighted by Crippen LogP contribution is 2.20. The van der Waals surface area contributed by atoms with Gasteiger partial charge in [0.15, 0.2) is 0 Å². The summed E-state index contributed by atoms with van der Waals surface area (Å²) in [5.41, 5.74) is 0. The highest BCUT2D eigenvalue weighted by atomic mass is 32.1. The predicted molar refractivity (Wildman–Crippen MR) is 86.7 cm³/mol. The van der Waals surface area contributed by atoms with Gasteiger partial charge in [0, 0.05) is 44.1 Å². The van der Waals surface area contributed by atoms with Crippen molar-refractivity contribution < 1.29 is 4.79 Å². The van der Waals surface area contributed by atoms with Crippen molar-refractivity contribution in [3.63, 3.8) is 0 Å². The molecular weight excluding hydrogens is 322 g/mol. The zero-order valence-corrected chi connectivity index (χ0v) is 14.1. The predicted octanol–water partition coefficient (Wildman–Crippen LogP) is 1.61. The van der Waals surface area contributed by atoms with Crippen molar-refractivity contribution >= 4 is 39.2 Å². The van der Waals surface area contributed by atoms with E-state index in [1.807, 2.05) is 13.8 Å². The standard InChI is InChI=1S/C12H17N7OS2/c1-3-9-13-12(22-17-9)19-6-4-18(5-7-19)11(20)14-10-16-15-8(2)21-10/h3-7H2,1-2H3,(H,14,16,20). The van der Waals surface area contributed by atoms with Crippen LogP contribution in [0.3, 0.4) is 0 Å². The summed E-state index contributed by atoms with van der Waals surface area (Å²) in [6.07, 6.45) is 0.847. The van der Waals surface area contributed by atoms with Crippen LogP contribution in [-0.4, -0.2) is 56.7 Å². The molecule has 2 aromatic heterocycles. The fourth-order valence-electron chi connectivity index (χ4n) is 2.14. The van der Waals surface area contributed by atoms with Gasteiger partial charge in [0.25, 0.3) is 0 Å². The van der Waals surface area contributed by atoms with Gasteiger partial charge in [-0.3, -0.25) is 5.32 Å². The maximum Gasteiger partial charge on any atom is 0.323 e. The Balaban J connectivity index is 1.53. The quantitative estimate of drug-likeness (QED) is 0.914. The van der Waals surface area contributed by atoms with Crippen molar-refractivity contribution in [2.75, 3.05) is 36.4 Å². The monoisotopic (exact) mass is 339 g/mol. The maximum atomic E-state index is 12.2. The number of rotatable bonds is 3. The van der Waals surface area contributed by atoms with Crippen LogP contribution >= 0.6 is 22.9 Å². The molecule has 3 rings (SSSR count). The smallest absolute Gasteiger partial charge is 0.323 e. The molecule has 2 aromatic rings. The van der Waals surface area contributed by atoms with Crippen molar-refractivity contribution in [3.8, 4) is 0 Å². The largest absolute Gasteiger partial charge is 0.343 e. The first-order chi connectivity index (χ1) is 10.7. The molecule has 0 aromatic carbocycles. The van der Waals surface area contributed by atoms with Crippen LogP contribution in [0.5, 0.6) is 0 Å². The average molecular weight is 339 g/mol. The normalized spacial score (nSPS) is 15.2. The summed E-state index contributed by atoms with van der Waals surface area (Å²) in [5.74, 6) is 0.881. The number of piperazine rings is 1. The average Bonchev–Trinajstić information content (AvgIpc) is 3.16. The van der Waals surface area contributed by atoms with Gasteiger partial charge in [0.2, 0.25) is 10.3 Å². The van der Waals surface area contributed by atoms with E-state index in [9.17, 15) is 4.79 Å². The Hall–Kier alpha value is -1.81. The number of hydrogen-bond donors (Lipinski definition) is 1. The molecule has 1 aliphatic rings. The van der Waals surface area contributed by atoms with Crippen molar-refractivity contribution in [2.45, 2.75) is 20.3 Å². The number of aryl methyl sites for hydroxylation is 2. The molecule has 8 nitrogen and oxygen atoms in total.